The molecule has 130 valence electrons. The van der Waals surface area contributed by atoms with Crippen LogP contribution in [0.2, 0.25) is 0 Å². The molecular formula is C19H18FNO4. The third-order valence-corrected chi connectivity index (χ3v) is 4.65. The number of β-amino-alcohol motifs (C(OH)–C–C–N with tert-alkyl or cyclic N) is 1. The zero-order valence-electron chi connectivity index (χ0n) is 13.5. The lowest BCUT2D eigenvalue weighted by Gasteiger charge is -2.25. The lowest BCUT2D eigenvalue weighted by Crippen LogP contribution is -2.33. The van der Waals surface area contributed by atoms with Gasteiger partial charge in [-0.15, -0.1) is 0 Å². The Bertz CT molecular complexity index is 793. The minimum Gasteiger partial charge on any atom is -0.454 e. The molecule has 1 saturated heterocycles. The molecule has 1 amide bonds. The van der Waals surface area contributed by atoms with Gasteiger partial charge in [-0.1, -0.05) is 18.2 Å². The van der Waals surface area contributed by atoms with Crippen molar-refractivity contribution in [2.24, 2.45) is 0 Å². The normalized spacial score (nSPS) is 21.6. The number of nitrogens with zero attached hydrogens (tertiary/aromatic N) is 1. The van der Waals surface area contributed by atoms with Gasteiger partial charge in [-0.3, -0.25) is 4.79 Å². The molecule has 2 aliphatic heterocycles. The van der Waals surface area contributed by atoms with Crippen LogP contribution in [-0.2, 0) is 11.2 Å². The highest BCUT2D eigenvalue weighted by atomic mass is 19.1. The predicted octanol–water partition coefficient (Wildman–Crippen LogP) is 2.43. The molecule has 2 aromatic rings. The topological polar surface area (TPSA) is 59.0 Å². The second kappa shape index (κ2) is 6.37. The van der Waals surface area contributed by atoms with Crippen molar-refractivity contribution in [3.05, 3.63) is 59.4 Å². The van der Waals surface area contributed by atoms with Gasteiger partial charge in [0.2, 0.25) is 12.7 Å². The van der Waals surface area contributed by atoms with Crippen LogP contribution in [0, 0.1) is 5.82 Å². The zero-order chi connectivity index (χ0) is 17.4. The van der Waals surface area contributed by atoms with Gasteiger partial charge in [0.15, 0.2) is 11.5 Å². The van der Waals surface area contributed by atoms with Crippen LogP contribution in [0.3, 0.4) is 0 Å². The highest BCUT2D eigenvalue weighted by molar-refractivity contribution is 5.80. The first-order valence-corrected chi connectivity index (χ1v) is 8.21. The molecule has 2 heterocycles. The van der Waals surface area contributed by atoms with Gasteiger partial charge >= 0.3 is 0 Å². The van der Waals surface area contributed by atoms with Gasteiger partial charge in [-0.05, 0) is 41.8 Å². The number of amides is 1. The fraction of sp³-hybridized carbons (Fsp3) is 0.316. The molecule has 1 N–H and O–H groups in total. The van der Waals surface area contributed by atoms with Gasteiger partial charge in [0, 0.05) is 6.54 Å². The van der Waals surface area contributed by atoms with E-state index in [2.05, 4.69) is 0 Å². The number of fused-ring (bicyclic) bond motifs is 1. The van der Waals surface area contributed by atoms with Crippen molar-refractivity contribution in [1.82, 2.24) is 4.90 Å². The summed E-state index contributed by atoms with van der Waals surface area (Å²) in [4.78, 5) is 14.4. The third kappa shape index (κ3) is 3.17. The van der Waals surface area contributed by atoms with Crippen LogP contribution in [0.5, 0.6) is 11.5 Å². The number of benzene rings is 2. The van der Waals surface area contributed by atoms with E-state index in [-0.39, 0.29) is 37.5 Å². The SMILES string of the molecule is O=C(Cc1ccc2c(c1)OCO2)N1C[C@@H](O)C[C@H]1c1ccc(F)cc1. The van der Waals surface area contributed by atoms with E-state index in [0.29, 0.717) is 17.9 Å². The maximum absolute atomic E-state index is 13.2. The number of hydrogen-bond acceptors (Lipinski definition) is 4. The Kier molecular flexibility index (Phi) is 4.05. The van der Waals surface area contributed by atoms with Crippen molar-refractivity contribution in [2.75, 3.05) is 13.3 Å². The highest BCUT2D eigenvalue weighted by Gasteiger charge is 2.35. The predicted molar refractivity (Wildman–Crippen MR) is 87.7 cm³/mol. The summed E-state index contributed by atoms with van der Waals surface area (Å²) in [6, 6.07) is 11.3. The first-order chi connectivity index (χ1) is 12.1. The minimum absolute atomic E-state index is 0.0789. The van der Waals surface area contributed by atoms with Gasteiger partial charge in [-0.2, -0.15) is 0 Å². The number of ether oxygens (including phenoxy) is 2. The van der Waals surface area contributed by atoms with E-state index in [4.69, 9.17) is 9.47 Å². The fourth-order valence-electron chi connectivity index (χ4n) is 3.42. The fourth-order valence-corrected chi connectivity index (χ4v) is 3.42. The Hall–Kier alpha value is -2.60. The zero-order valence-corrected chi connectivity index (χ0v) is 13.5. The van der Waals surface area contributed by atoms with E-state index >= 15 is 0 Å². The van der Waals surface area contributed by atoms with Crippen molar-refractivity contribution >= 4 is 5.91 Å². The second-order valence-electron chi connectivity index (χ2n) is 6.37. The van der Waals surface area contributed by atoms with Crippen molar-refractivity contribution in [1.29, 1.82) is 0 Å². The molecule has 2 aliphatic rings. The smallest absolute Gasteiger partial charge is 0.231 e. The first-order valence-electron chi connectivity index (χ1n) is 8.21. The summed E-state index contributed by atoms with van der Waals surface area (Å²) < 4.78 is 23.8. The number of aliphatic hydroxyl groups is 1. The Labute approximate surface area is 144 Å². The standard InChI is InChI=1S/C19H18FNO4/c20-14-4-2-13(3-5-14)16-9-15(22)10-21(16)19(23)8-12-1-6-17-18(7-12)25-11-24-17/h1-7,15-16,22H,8-11H2/t15-,16-/m0/s1. The maximum atomic E-state index is 13.2. The molecule has 2 aromatic carbocycles. The van der Waals surface area contributed by atoms with E-state index in [1.165, 1.54) is 12.1 Å². The van der Waals surface area contributed by atoms with Gasteiger partial charge in [-0.25, -0.2) is 4.39 Å². The number of carbonyl (C=O) groups is 1. The van der Waals surface area contributed by atoms with Crippen LogP contribution in [0.25, 0.3) is 0 Å². The summed E-state index contributed by atoms with van der Waals surface area (Å²) in [5, 5.41) is 10.0. The summed E-state index contributed by atoms with van der Waals surface area (Å²) in [5.74, 6) is 0.920. The van der Waals surface area contributed by atoms with Crippen LogP contribution in [-0.4, -0.2) is 35.4 Å². The summed E-state index contributed by atoms with van der Waals surface area (Å²) >= 11 is 0. The molecule has 5 nitrogen and oxygen atoms in total. The second-order valence-corrected chi connectivity index (χ2v) is 6.37. The Morgan fingerprint density at radius 2 is 1.92 bits per heavy atom. The largest absolute Gasteiger partial charge is 0.454 e. The number of hydrogen-bond donors (Lipinski definition) is 1. The Balaban J connectivity index is 1.52. The Morgan fingerprint density at radius 3 is 2.72 bits per heavy atom. The molecule has 0 bridgehead atoms. The van der Waals surface area contributed by atoms with Crippen LogP contribution < -0.4 is 9.47 Å². The summed E-state index contributed by atoms with van der Waals surface area (Å²) in [7, 11) is 0. The first kappa shape index (κ1) is 15.9. The van der Waals surface area contributed by atoms with Crippen molar-refractivity contribution in [3.8, 4) is 11.5 Å². The van der Waals surface area contributed by atoms with E-state index < -0.39 is 6.10 Å². The molecule has 6 heteroatoms. The van der Waals surface area contributed by atoms with Crippen LogP contribution >= 0.6 is 0 Å². The molecular weight excluding hydrogens is 325 g/mol. The number of rotatable bonds is 3. The van der Waals surface area contributed by atoms with Gasteiger partial charge in [0.1, 0.15) is 5.82 Å². The minimum atomic E-state index is -0.573. The molecule has 4 rings (SSSR count). The molecule has 1 fully saturated rings. The average molecular weight is 343 g/mol. The molecule has 0 saturated carbocycles. The van der Waals surface area contributed by atoms with Crippen molar-refractivity contribution < 1.29 is 23.8 Å². The van der Waals surface area contributed by atoms with E-state index in [1.807, 2.05) is 6.07 Å². The van der Waals surface area contributed by atoms with E-state index in [1.54, 1.807) is 29.2 Å². The number of carbonyl (C=O) groups excluding carboxylic acids is 1. The van der Waals surface area contributed by atoms with E-state index in [9.17, 15) is 14.3 Å². The number of halogens is 1. The summed E-state index contributed by atoms with van der Waals surface area (Å²) in [6.07, 6.45) is 0.0929. The Morgan fingerprint density at radius 1 is 1.16 bits per heavy atom. The molecule has 0 unspecified atom stereocenters. The molecule has 0 aromatic heterocycles. The molecule has 0 spiro atoms. The van der Waals surface area contributed by atoms with Crippen molar-refractivity contribution in [2.45, 2.75) is 25.0 Å². The lowest BCUT2D eigenvalue weighted by atomic mass is 10.0. The van der Waals surface area contributed by atoms with Gasteiger partial charge in [0.25, 0.3) is 0 Å². The van der Waals surface area contributed by atoms with Crippen LogP contribution in [0.4, 0.5) is 4.39 Å². The average Bonchev–Trinajstić information content (AvgIpc) is 3.21. The number of likely N-dealkylation sites (tertiary alicyclic amines) is 1. The van der Waals surface area contributed by atoms with Crippen LogP contribution in [0.1, 0.15) is 23.6 Å². The van der Waals surface area contributed by atoms with Gasteiger partial charge in [0.05, 0.1) is 18.6 Å². The van der Waals surface area contributed by atoms with Crippen molar-refractivity contribution in [3.63, 3.8) is 0 Å². The molecule has 25 heavy (non-hydrogen) atoms. The van der Waals surface area contributed by atoms with Gasteiger partial charge < -0.3 is 19.5 Å². The third-order valence-electron chi connectivity index (χ3n) is 4.65. The highest BCUT2D eigenvalue weighted by Crippen LogP contribution is 2.35. The summed E-state index contributed by atoms with van der Waals surface area (Å²) in [6.45, 7) is 0.475. The summed E-state index contributed by atoms with van der Waals surface area (Å²) in [5.41, 5.74) is 1.66. The maximum Gasteiger partial charge on any atom is 0.231 e. The molecule has 0 radical (unpaired) electrons. The lowest BCUT2D eigenvalue weighted by molar-refractivity contribution is -0.131. The van der Waals surface area contributed by atoms with E-state index in [0.717, 1.165) is 11.1 Å². The number of aliphatic hydroxyl groups excluding tert-OH is 1. The molecule has 0 aliphatic carbocycles. The van der Waals surface area contributed by atoms with Crippen LogP contribution in [0.15, 0.2) is 42.5 Å². The quantitative estimate of drug-likeness (QED) is 0.930. The molecule has 2 atom stereocenters. The monoisotopic (exact) mass is 343 g/mol.